The Labute approximate surface area is 92.9 Å². The van der Waals surface area contributed by atoms with Crippen LogP contribution in [0, 0.1) is 6.92 Å². The Morgan fingerprint density at radius 3 is 2.81 bits per heavy atom. The van der Waals surface area contributed by atoms with Crippen molar-refractivity contribution < 1.29 is 14.8 Å². The normalized spacial score (nSPS) is 19.2. The molecule has 1 saturated heterocycles. The number of benzene rings is 1. The van der Waals surface area contributed by atoms with Crippen LogP contribution < -0.4 is 5.06 Å². The van der Waals surface area contributed by atoms with Crippen LogP contribution in [0.2, 0.25) is 0 Å². The number of rotatable bonds is 1. The summed E-state index contributed by atoms with van der Waals surface area (Å²) >= 11 is 0. The molecule has 1 aromatic carbocycles. The van der Waals surface area contributed by atoms with E-state index in [-0.39, 0.29) is 18.9 Å². The summed E-state index contributed by atoms with van der Waals surface area (Å²) in [5, 5.41) is 12.8. The molecular weight excluding hydrogens is 208 g/mol. The van der Waals surface area contributed by atoms with Crippen LogP contribution in [0.4, 0.5) is 5.69 Å². The number of anilines is 1. The van der Waals surface area contributed by atoms with Crippen molar-refractivity contribution in [3.8, 4) is 0 Å². The molecule has 1 aromatic rings. The second kappa shape index (κ2) is 4.32. The van der Waals surface area contributed by atoms with Gasteiger partial charge in [0.25, 0.3) is 5.91 Å². The second-order valence-electron chi connectivity index (χ2n) is 3.59. The van der Waals surface area contributed by atoms with Crippen molar-refractivity contribution in [1.82, 2.24) is 0 Å². The van der Waals surface area contributed by atoms with E-state index in [2.05, 4.69) is 5.16 Å². The van der Waals surface area contributed by atoms with Gasteiger partial charge in [0.05, 0.1) is 17.8 Å². The minimum absolute atomic E-state index is 0.0881. The van der Waals surface area contributed by atoms with E-state index in [1.807, 2.05) is 31.2 Å². The van der Waals surface area contributed by atoms with Gasteiger partial charge in [0.2, 0.25) is 0 Å². The fourth-order valence-electron chi connectivity index (χ4n) is 1.57. The molecule has 0 radical (unpaired) electrons. The number of oxime groups is 1. The van der Waals surface area contributed by atoms with E-state index in [0.717, 1.165) is 11.3 Å². The van der Waals surface area contributed by atoms with Crippen molar-refractivity contribution in [2.75, 3.05) is 11.7 Å². The minimum atomic E-state index is -0.228. The topological polar surface area (TPSA) is 62.1 Å². The third-order valence-electron chi connectivity index (χ3n) is 2.42. The number of carbonyl (C=O) groups excluding carboxylic acids is 1. The fourth-order valence-corrected chi connectivity index (χ4v) is 1.57. The second-order valence-corrected chi connectivity index (χ2v) is 3.59. The van der Waals surface area contributed by atoms with E-state index in [4.69, 9.17) is 10.0 Å². The molecule has 0 spiro atoms. The molecule has 0 aromatic heterocycles. The third-order valence-corrected chi connectivity index (χ3v) is 2.42. The van der Waals surface area contributed by atoms with Gasteiger partial charge in [-0.05, 0) is 18.6 Å². The van der Waals surface area contributed by atoms with Crippen LogP contribution in [0.3, 0.4) is 0 Å². The summed E-state index contributed by atoms with van der Waals surface area (Å²) in [6.07, 6.45) is 0.0881. The molecule has 5 heteroatoms. The summed E-state index contributed by atoms with van der Waals surface area (Å²) in [5.74, 6) is -0.228. The molecule has 1 amide bonds. The van der Waals surface area contributed by atoms with Crippen molar-refractivity contribution in [1.29, 1.82) is 0 Å². The van der Waals surface area contributed by atoms with Gasteiger partial charge >= 0.3 is 0 Å². The van der Waals surface area contributed by atoms with Crippen molar-refractivity contribution >= 4 is 17.3 Å². The van der Waals surface area contributed by atoms with Gasteiger partial charge < -0.3 is 5.21 Å². The number of nitrogens with zero attached hydrogens (tertiary/aromatic N) is 2. The summed E-state index contributed by atoms with van der Waals surface area (Å²) in [6, 6.07) is 7.46. The molecule has 1 aliphatic heterocycles. The van der Waals surface area contributed by atoms with E-state index < -0.39 is 0 Å². The number of amides is 1. The van der Waals surface area contributed by atoms with Gasteiger partial charge in [-0.2, -0.15) is 5.06 Å². The average molecular weight is 220 g/mol. The number of para-hydroxylation sites is 1. The highest BCUT2D eigenvalue weighted by Crippen LogP contribution is 2.22. The highest BCUT2D eigenvalue weighted by Gasteiger charge is 2.26. The first kappa shape index (κ1) is 10.6. The lowest BCUT2D eigenvalue weighted by Crippen LogP contribution is -2.40. The maximum absolute atomic E-state index is 11.7. The highest BCUT2D eigenvalue weighted by atomic mass is 16.7. The largest absolute Gasteiger partial charge is 0.411 e. The van der Waals surface area contributed by atoms with E-state index in [9.17, 15) is 4.79 Å². The van der Waals surface area contributed by atoms with Crippen LogP contribution in [-0.4, -0.2) is 23.4 Å². The van der Waals surface area contributed by atoms with Gasteiger partial charge in [-0.1, -0.05) is 23.4 Å². The highest BCUT2D eigenvalue weighted by molar-refractivity contribution is 6.09. The van der Waals surface area contributed by atoms with E-state index in [0.29, 0.717) is 5.71 Å². The Morgan fingerprint density at radius 2 is 2.19 bits per heavy atom. The molecule has 0 bridgehead atoms. The van der Waals surface area contributed by atoms with Gasteiger partial charge in [0.15, 0.2) is 0 Å². The summed E-state index contributed by atoms with van der Waals surface area (Å²) in [5.41, 5.74) is 2.03. The number of hydrogen-bond donors (Lipinski definition) is 1. The lowest BCUT2D eigenvalue weighted by atomic mass is 10.1. The Kier molecular flexibility index (Phi) is 2.87. The van der Waals surface area contributed by atoms with Gasteiger partial charge in [-0.25, -0.2) is 0 Å². The van der Waals surface area contributed by atoms with Crippen LogP contribution in [0.25, 0.3) is 0 Å². The Balaban J connectivity index is 2.24. The number of aryl methyl sites for hydroxylation is 1. The Hall–Kier alpha value is -1.88. The maximum Gasteiger partial charge on any atom is 0.256 e. The first-order valence-corrected chi connectivity index (χ1v) is 4.93. The predicted octanol–water partition coefficient (Wildman–Crippen LogP) is 1.49. The van der Waals surface area contributed by atoms with Gasteiger partial charge in [0.1, 0.15) is 6.61 Å². The molecule has 1 aliphatic rings. The molecule has 0 atom stereocenters. The SMILES string of the molecule is Cc1ccccc1N1OC/C(=N\O)CC1=O. The van der Waals surface area contributed by atoms with Crippen molar-refractivity contribution in [2.24, 2.45) is 5.16 Å². The monoisotopic (exact) mass is 220 g/mol. The van der Waals surface area contributed by atoms with Crippen LogP contribution in [0.5, 0.6) is 0 Å². The summed E-state index contributed by atoms with van der Waals surface area (Å²) < 4.78 is 0. The number of hydrogen-bond acceptors (Lipinski definition) is 4. The maximum atomic E-state index is 11.7. The van der Waals surface area contributed by atoms with Crippen LogP contribution in [0.15, 0.2) is 29.4 Å². The molecule has 84 valence electrons. The first-order chi connectivity index (χ1) is 7.72. The standard InChI is InChI=1S/C11H12N2O3/c1-8-4-2-3-5-10(8)13-11(14)6-9(12-15)7-16-13/h2-5,15H,6-7H2,1H3/b12-9-. The van der Waals surface area contributed by atoms with Crippen LogP contribution in [-0.2, 0) is 9.63 Å². The van der Waals surface area contributed by atoms with Crippen molar-refractivity contribution in [3.05, 3.63) is 29.8 Å². The summed E-state index contributed by atoms with van der Waals surface area (Å²) in [6.45, 7) is 2.04. The zero-order chi connectivity index (χ0) is 11.5. The molecule has 0 saturated carbocycles. The van der Waals surface area contributed by atoms with Crippen molar-refractivity contribution in [2.45, 2.75) is 13.3 Å². The molecule has 2 rings (SSSR count). The number of carbonyl (C=O) groups is 1. The summed E-state index contributed by atoms with van der Waals surface area (Å²) in [4.78, 5) is 17.0. The molecule has 0 unspecified atom stereocenters. The van der Waals surface area contributed by atoms with E-state index in [1.54, 1.807) is 0 Å². The van der Waals surface area contributed by atoms with Crippen LogP contribution >= 0.6 is 0 Å². The zero-order valence-corrected chi connectivity index (χ0v) is 8.88. The lowest BCUT2D eigenvalue weighted by molar-refractivity contribution is -0.125. The molecule has 5 nitrogen and oxygen atoms in total. The average Bonchev–Trinajstić information content (AvgIpc) is 2.30. The lowest BCUT2D eigenvalue weighted by Gasteiger charge is -2.27. The quantitative estimate of drug-likeness (QED) is 0.576. The zero-order valence-electron chi connectivity index (χ0n) is 8.88. The number of hydroxylamine groups is 1. The third kappa shape index (κ3) is 1.90. The Morgan fingerprint density at radius 1 is 1.44 bits per heavy atom. The fraction of sp³-hybridized carbons (Fsp3) is 0.273. The summed E-state index contributed by atoms with van der Waals surface area (Å²) in [7, 11) is 0. The van der Waals surface area contributed by atoms with E-state index in [1.165, 1.54) is 5.06 Å². The van der Waals surface area contributed by atoms with E-state index >= 15 is 0 Å². The van der Waals surface area contributed by atoms with Gasteiger partial charge in [-0.15, -0.1) is 0 Å². The molecule has 1 N–H and O–H groups in total. The molecule has 1 fully saturated rings. The van der Waals surface area contributed by atoms with Gasteiger partial charge in [-0.3, -0.25) is 9.63 Å². The molecular formula is C11H12N2O3. The Bertz CT molecular complexity index is 443. The molecule has 1 heterocycles. The van der Waals surface area contributed by atoms with Crippen molar-refractivity contribution in [3.63, 3.8) is 0 Å². The van der Waals surface area contributed by atoms with Gasteiger partial charge in [0, 0.05) is 0 Å². The van der Waals surface area contributed by atoms with Crippen LogP contribution in [0.1, 0.15) is 12.0 Å². The smallest absolute Gasteiger partial charge is 0.256 e. The predicted molar refractivity (Wildman–Crippen MR) is 58.5 cm³/mol. The first-order valence-electron chi connectivity index (χ1n) is 4.93. The molecule has 0 aliphatic carbocycles. The minimum Gasteiger partial charge on any atom is -0.411 e. The molecule has 16 heavy (non-hydrogen) atoms.